The molecule has 0 unspecified atom stereocenters. The molecule has 18 heavy (non-hydrogen) atoms. The zero-order valence-electron chi connectivity index (χ0n) is 10.6. The third-order valence-corrected chi connectivity index (χ3v) is 3.88. The molecule has 0 atom stereocenters. The first-order chi connectivity index (χ1) is 8.49. The van der Waals surface area contributed by atoms with Gasteiger partial charge in [0.15, 0.2) is 0 Å². The largest absolute Gasteiger partial charge is 0.379 e. The van der Waals surface area contributed by atoms with Crippen LogP contribution in [0.25, 0.3) is 0 Å². The van der Waals surface area contributed by atoms with Gasteiger partial charge < -0.3 is 5.32 Å². The van der Waals surface area contributed by atoms with Crippen LogP contribution in [-0.4, -0.2) is 9.78 Å². The van der Waals surface area contributed by atoms with Crippen molar-refractivity contribution in [3.05, 3.63) is 44.6 Å². The summed E-state index contributed by atoms with van der Waals surface area (Å²) in [6.45, 7) is 4.65. The van der Waals surface area contributed by atoms with Crippen molar-refractivity contribution in [2.45, 2.75) is 20.4 Å². The number of hydrogen-bond acceptors (Lipinski definition) is 2. The molecule has 0 aliphatic heterocycles. The third kappa shape index (κ3) is 2.70. The van der Waals surface area contributed by atoms with Gasteiger partial charge in [0.1, 0.15) is 0 Å². The topological polar surface area (TPSA) is 29.9 Å². The van der Waals surface area contributed by atoms with Crippen molar-refractivity contribution in [2.24, 2.45) is 7.05 Å². The van der Waals surface area contributed by atoms with E-state index in [4.69, 9.17) is 11.6 Å². The van der Waals surface area contributed by atoms with Crippen molar-refractivity contribution < 1.29 is 0 Å². The zero-order chi connectivity index (χ0) is 13.3. The van der Waals surface area contributed by atoms with Crippen molar-refractivity contribution >= 4 is 33.2 Å². The molecular formula is C13H15BrClN3. The Kier molecular flexibility index (Phi) is 3.97. The van der Waals surface area contributed by atoms with E-state index in [1.807, 2.05) is 24.7 Å². The number of aromatic nitrogens is 2. The molecule has 1 aromatic carbocycles. The Morgan fingerprint density at radius 2 is 2.11 bits per heavy atom. The number of rotatable bonds is 3. The van der Waals surface area contributed by atoms with Gasteiger partial charge in [-0.3, -0.25) is 4.68 Å². The average Bonchev–Trinajstić information content (AvgIpc) is 2.53. The number of aryl methyl sites for hydroxylation is 3. The molecule has 0 fully saturated rings. The summed E-state index contributed by atoms with van der Waals surface area (Å²) >= 11 is 9.67. The smallest absolute Gasteiger partial charge is 0.0865 e. The second kappa shape index (κ2) is 5.33. The van der Waals surface area contributed by atoms with Gasteiger partial charge in [-0.05, 0) is 37.6 Å². The predicted octanol–water partition coefficient (Wildman–Crippen LogP) is 4.06. The number of nitrogens with zero attached hydrogens (tertiary/aromatic N) is 2. The summed E-state index contributed by atoms with van der Waals surface area (Å²) in [6, 6.07) is 6.15. The van der Waals surface area contributed by atoms with Gasteiger partial charge in [0, 0.05) is 17.2 Å². The Morgan fingerprint density at radius 3 is 2.67 bits per heavy atom. The standard InChI is InChI=1S/C13H15BrClN3/c1-8-6-10(14)4-5-11(8)16-7-12-13(15)9(2)17-18(12)3/h4-6,16H,7H2,1-3H3. The molecule has 0 saturated heterocycles. The Hall–Kier alpha value is -1.00. The van der Waals surface area contributed by atoms with Gasteiger partial charge in [0.05, 0.1) is 23.0 Å². The van der Waals surface area contributed by atoms with E-state index in [2.05, 4.69) is 45.4 Å². The normalized spacial score (nSPS) is 10.7. The van der Waals surface area contributed by atoms with Crippen LogP contribution in [0, 0.1) is 13.8 Å². The van der Waals surface area contributed by atoms with Crippen LogP contribution in [0.4, 0.5) is 5.69 Å². The molecule has 1 aromatic heterocycles. The van der Waals surface area contributed by atoms with Crippen LogP contribution < -0.4 is 5.32 Å². The Balaban J connectivity index is 2.16. The molecule has 1 heterocycles. The highest BCUT2D eigenvalue weighted by atomic mass is 79.9. The molecule has 1 N–H and O–H groups in total. The van der Waals surface area contributed by atoms with E-state index in [-0.39, 0.29) is 0 Å². The number of halogens is 2. The number of benzene rings is 1. The van der Waals surface area contributed by atoms with Crippen LogP contribution >= 0.6 is 27.5 Å². The van der Waals surface area contributed by atoms with Gasteiger partial charge in [0.25, 0.3) is 0 Å². The quantitative estimate of drug-likeness (QED) is 0.920. The zero-order valence-corrected chi connectivity index (χ0v) is 12.9. The maximum atomic E-state index is 6.21. The highest BCUT2D eigenvalue weighted by Gasteiger charge is 2.10. The van der Waals surface area contributed by atoms with Gasteiger partial charge >= 0.3 is 0 Å². The molecule has 0 bridgehead atoms. The Bertz CT molecular complexity index is 578. The number of anilines is 1. The Labute approximate surface area is 120 Å². The van der Waals surface area contributed by atoms with Crippen molar-refractivity contribution in [1.29, 1.82) is 0 Å². The van der Waals surface area contributed by atoms with Gasteiger partial charge in [-0.1, -0.05) is 27.5 Å². The van der Waals surface area contributed by atoms with E-state index in [9.17, 15) is 0 Å². The number of hydrogen-bond donors (Lipinski definition) is 1. The predicted molar refractivity (Wildman–Crippen MR) is 79.2 cm³/mol. The van der Waals surface area contributed by atoms with E-state index >= 15 is 0 Å². The fourth-order valence-corrected chi connectivity index (χ4v) is 2.58. The minimum Gasteiger partial charge on any atom is -0.379 e. The minimum absolute atomic E-state index is 0.665. The van der Waals surface area contributed by atoms with Crippen LogP contribution in [0.1, 0.15) is 17.0 Å². The van der Waals surface area contributed by atoms with E-state index in [1.165, 1.54) is 5.56 Å². The molecule has 0 saturated carbocycles. The summed E-state index contributed by atoms with van der Waals surface area (Å²) < 4.78 is 2.90. The molecule has 5 heteroatoms. The van der Waals surface area contributed by atoms with Gasteiger partial charge in [0.2, 0.25) is 0 Å². The summed E-state index contributed by atoms with van der Waals surface area (Å²) in [7, 11) is 1.91. The third-order valence-electron chi connectivity index (χ3n) is 2.90. The van der Waals surface area contributed by atoms with Crippen LogP contribution in [0.5, 0.6) is 0 Å². The Morgan fingerprint density at radius 1 is 1.39 bits per heavy atom. The summed E-state index contributed by atoms with van der Waals surface area (Å²) in [5.74, 6) is 0. The van der Waals surface area contributed by atoms with Gasteiger partial charge in [-0.15, -0.1) is 0 Å². The number of nitrogens with one attached hydrogen (secondary N) is 1. The maximum absolute atomic E-state index is 6.21. The first kappa shape index (κ1) is 13.4. The molecule has 3 nitrogen and oxygen atoms in total. The molecule has 0 aliphatic rings. The first-order valence-electron chi connectivity index (χ1n) is 5.67. The highest BCUT2D eigenvalue weighted by molar-refractivity contribution is 9.10. The van der Waals surface area contributed by atoms with Crippen LogP contribution in [0.3, 0.4) is 0 Å². The molecule has 96 valence electrons. The molecular weight excluding hydrogens is 314 g/mol. The monoisotopic (exact) mass is 327 g/mol. The van der Waals surface area contributed by atoms with E-state index in [0.717, 1.165) is 26.6 Å². The van der Waals surface area contributed by atoms with E-state index in [1.54, 1.807) is 0 Å². The van der Waals surface area contributed by atoms with E-state index in [0.29, 0.717) is 6.54 Å². The van der Waals surface area contributed by atoms with Crippen LogP contribution in [0.2, 0.25) is 5.02 Å². The second-order valence-corrected chi connectivity index (χ2v) is 5.58. The summed E-state index contributed by atoms with van der Waals surface area (Å²) in [6.07, 6.45) is 0. The highest BCUT2D eigenvalue weighted by Crippen LogP contribution is 2.23. The summed E-state index contributed by atoms with van der Waals surface area (Å²) in [5, 5.41) is 8.42. The van der Waals surface area contributed by atoms with E-state index < -0.39 is 0 Å². The van der Waals surface area contributed by atoms with Gasteiger partial charge in [-0.2, -0.15) is 5.10 Å². The molecule has 0 radical (unpaired) electrons. The molecule has 2 aromatic rings. The van der Waals surface area contributed by atoms with Crippen LogP contribution in [0.15, 0.2) is 22.7 Å². The molecule has 0 amide bonds. The van der Waals surface area contributed by atoms with Crippen molar-refractivity contribution in [1.82, 2.24) is 9.78 Å². The lowest BCUT2D eigenvalue weighted by Crippen LogP contribution is -2.06. The molecule has 0 spiro atoms. The lowest BCUT2D eigenvalue weighted by molar-refractivity contribution is 0.713. The van der Waals surface area contributed by atoms with Crippen molar-refractivity contribution in [3.63, 3.8) is 0 Å². The maximum Gasteiger partial charge on any atom is 0.0865 e. The molecule has 2 rings (SSSR count). The fourth-order valence-electron chi connectivity index (χ4n) is 1.88. The fraction of sp³-hybridized carbons (Fsp3) is 0.308. The van der Waals surface area contributed by atoms with Crippen molar-refractivity contribution in [3.8, 4) is 0 Å². The summed E-state index contributed by atoms with van der Waals surface area (Å²) in [5.41, 5.74) is 4.16. The van der Waals surface area contributed by atoms with Gasteiger partial charge in [-0.25, -0.2) is 0 Å². The molecule has 0 aliphatic carbocycles. The SMILES string of the molecule is Cc1cc(Br)ccc1NCc1c(Cl)c(C)nn1C. The van der Waals surface area contributed by atoms with Crippen molar-refractivity contribution in [2.75, 3.05) is 5.32 Å². The lowest BCUT2D eigenvalue weighted by Gasteiger charge is -2.10. The summed E-state index contributed by atoms with van der Waals surface area (Å²) in [4.78, 5) is 0. The minimum atomic E-state index is 0.665. The lowest BCUT2D eigenvalue weighted by atomic mass is 10.2. The average molecular weight is 329 g/mol. The van der Waals surface area contributed by atoms with Crippen LogP contribution in [-0.2, 0) is 13.6 Å². The second-order valence-electron chi connectivity index (χ2n) is 4.28. The first-order valence-corrected chi connectivity index (χ1v) is 6.84.